The smallest absolute Gasteiger partial charge is 0.185 e. The Hall–Kier alpha value is -2.66. The van der Waals surface area contributed by atoms with Crippen molar-refractivity contribution in [1.29, 1.82) is 5.26 Å². The highest BCUT2D eigenvalue weighted by Gasteiger charge is 2.03. The molecule has 0 aliphatic rings. The maximum absolute atomic E-state index is 12.1. The van der Waals surface area contributed by atoms with E-state index in [1.54, 1.807) is 36.4 Å². The van der Waals surface area contributed by atoms with E-state index in [0.717, 1.165) is 5.56 Å². The van der Waals surface area contributed by atoms with Crippen LogP contribution in [-0.2, 0) is 0 Å². The first-order valence-corrected chi connectivity index (χ1v) is 6.92. The van der Waals surface area contributed by atoms with Crippen LogP contribution >= 0.6 is 0 Å². The molecule has 0 saturated heterocycles. The topological polar surface area (TPSA) is 40.9 Å². The highest BCUT2D eigenvalue weighted by atomic mass is 16.1. The fourth-order valence-electron chi connectivity index (χ4n) is 2.00. The summed E-state index contributed by atoms with van der Waals surface area (Å²) >= 11 is 0. The summed E-state index contributed by atoms with van der Waals surface area (Å²) in [6.45, 7) is 4.30. The first-order valence-electron chi connectivity index (χ1n) is 6.92. The van der Waals surface area contributed by atoms with Gasteiger partial charge in [0, 0.05) is 5.56 Å². The van der Waals surface area contributed by atoms with Crippen LogP contribution in [0.4, 0.5) is 0 Å². The first-order chi connectivity index (χ1) is 10.1. The molecule has 0 aliphatic carbocycles. The van der Waals surface area contributed by atoms with Crippen molar-refractivity contribution >= 4 is 11.9 Å². The monoisotopic (exact) mass is 275 g/mol. The number of carbonyl (C=O) groups excluding carboxylic acids is 1. The number of nitriles is 1. The molecule has 0 fully saturated rings. The van der Waals surface area contributed by atoms with E-state index in [0.29, 0.717) is 17.0 Å². The molecule has 2 aromatic rings. The van der Waals surface area contributed by atoms with Crippen LogP contribution in [0.2, 0.25) is 0 Å². The number of carbonyl (C=O) groups is 1. The number of hydrogen-bond donors (Lipinski definition) is 0. The SMILES string of the molecule is CC(C)c1ccc(C=CC(=O)c2cccc(C#N)c2)cc1. The van der Waals surface area contributed by atoms with Gasteiger partial charge in [0.1, 0.15) is 0 Å². The van der Waals surface area contributed by atoms with Gasteiger partial charge in [0.2, 0.25) is 0 Å². The molecule has 0 N–H and O–H groups in total. The fraction of sp³-hybridized carbons (Fsp3) is 0.158. The summed E-state index contributed by atoms with van der Waals surface area (Å²) < 4.78 is 0. The summed E-state index contributed by atoms with van der Waals surface area (Å²) in [6.07, 6.45) is 3.34. The predicted molar refractivity (Wildman–Crippen MR) is 85.1 cm³/mol. The van der Waals surface area contributed by atoms with Crippen molar-refractivity contribution in [3.05, 3.63) is 76.9 Å². The van der Waals surface area contributed by atoms with E-state index >= 15 is 0 Å². The highest BCUT2D eigenvalue weighted by molar-refractivity contribution is 6.06. The number of allylic oxidation sites excluding steroid dienone is 1. The van der Waals surface area contributed by atoms with Crippen molar-refractivity contribution < 1.29 is 4.79 Å². The number of hydrogen-bond acceptors (Lipinski definition) is 2. The van der Waals surface area contributed by atoms with Gasteiger partial charge < -0.3 is 0 Å². The van der Waals surface area contributed by atoms with Crippen molar-refractivity contribution in [2.24, 2.45) is 0 Å². The Morgan fingerprint density at radius 2 is 1.86 bits per heavy atom. The van der Waals surface area contributed by atoms with Gasteiger partial charge >= 0.3 is 0 Å². The van der Waals surface area contributed by atoms with Gasteiger partial charge in [-0.05, 0) is 35.3 Å². The Morgan fingerprint density at radius 3 is 2.48 bits per heavy atom. The van der Waals surface area contributed by atoms with Gasteiger partial charge in [0.25, 0.3) is 0 Å². The predicted octanol–water partition coefficient (Wildman–Crippen LogP) is 4.58. The molecule has 0 spiro atoms. The Kier molecular flexibility index (Phi) is 4.68. The van der Waals surface area contributed by atoms with E-state index in [4.69, 9.17) is 5.26 Å². The van der Waals surface area contributed by atoms with Crippen LogP contribution in [0, 0.1) is 11.3 Å². The molecule has 0 aromatic heterocycles. The van der Waals surface area contributed by atoms with E-state index in [1.165, 1.54) is 5.56 Å². The highest BCUT2D eigenvalue weighted by Crippen LogP contribution is 2.15. The molecule has 2 heteroatoms. The molecule has 2 rings (SSSR count). The molecule has 21 heavy (non-hydrogen) atoms. The molecule has 0 aliphatic heterocycles. The maximum Gasteiger partial charge on any atom is 0.185 e. The van der Waals surface area contributed by atoms with Crippen molar-refractivity contribution in [3.63, 3.8) is 0 Å². The van der Waals surface area contributed by atoms with Crippen LogP contribution in [0.15, 0.2) is 54.6 Å². The molecule has 2 nitrogen and oxygen atoms in total. The minimum absolute atomic E-state index is 0.0972. The lowest BCUT2D eigenvalue weighted by Crippen LogP contribution is -1.94. The molecule has 0 amide bonds. The Bertz CT molecular complexity index is 703. The third-order valence-electron chi connectivity index (χ3n) is 3.31. The van der Waals surface area contributed by atoms with Crippen LogP contribution in [-0.4, -0.2) is 5.78 Å². The average molecular weight is 275 g/mol. The van der Waals surface area contributed by atoms with Gasteiger partial charge in [-0.25, -0.2) is 0 Å². The van der Waals surface area contributed by atoms with E-state index in [1.807, 2.05) is 18.2 Å². The standard InChI is InChI=1S/C19H17NO/c1-14(2)17-9-6-15(7-10-17)8-11-19(21)18-5-3-4-16(12-18)13-20/h3-12,14H,1-2H3. The van der Waals surface area contributed by atoms with Crippen LogP contribution in [0.1, 0.15) is 46.8 Å². The lowest BCUT2D eigenvalue weighted by atomic mass is 10.0. The zero-order valence-corrected chi connectivity index (χ0v) is 12.2. The van der Waals surface area contributed by atoms with Crippen LogP contribution < -0.4 is 0 Å². The second-order valence-electron chi connectivity index (χ2n) is 5.21. The van der Waals surface area contributed by atoms with Crippen molar-refractivity contribution in [3.8, 4) is 6.07 Å². The van der Waals surface area contributed by atoms with E-state index in [9.17, 15) is 4.79 Å². The number of ketones is 1. The van der Waals surface area contributed by atoms with E-state index < -0.39 is 0 Å². The zero-order valence-electron chi connectivity index (χ0n) is 12.2. The summed E-state index contributed by atoms with van der Waals surface area (Å²) in [4.78, 5) is 12.1. The average Bonchev–Trinajstić information content (AvgIpc) is 2.53. The second-order valence-corrected chi connectivity index (χ2v) is 5.21. The Morgan fingerprint density at radius 1 is 1.14 bits per heavy atom. The van der Waals surface area contributed by atoms with E-state index in [2.05, 4.69) is 26.0 Å². The molecule has 0 saturated carbocycles. The molecular formula is C19H17NO. The van der Waals surface area contributed by atoms with Crippen LogP contribution in [0.5, 0.6) is 0 Å². The molecule has 0 bridgehead atoms. The fourth-order valence-corrected chi connectivity index (χ4v) is 2.00. The first kappa shape index (κ1) is 14.7. The van der Waals surface area contributed by atoms with Crippen molar-refractivity contribution in [1.82, 2.24) is 0 Å². The lowest BCUT2D eigenvalue weighted by molar-refractivity contribution is 0.104. The minimum atomic E-state index is -0.0972. The Labute approximate surface area is 125 Å². The van der Waals surface area contributed by atoms with Gasteiger partial charge in [0.15, 0.2) is 5.78 Å². The quantitative estimate of drug-likeness (QED) is 0.605. The largest absolute Gasteiger partial charge is 0.289 e. The summed E-state index contributed by atoms with van der Waals surface area (Å²) in [7, 11) is 0. The molecule has 0 heterocycles. The normalized spacial score (nSPS) is 10.8. The summed E-state index contributed by atoms with van der Waals surface area (Å²) in [5.41, 5.74) is 3.30. The Balaban J connectivity index is 2.13. The van der Waals surface area contributed by atoms with Crippen LogP contribution in [0.3, 0.4) is 0 Å². The van der Waals surface area contributed by atoms with Crippen LogP contribution in [0.25, 0.3) is 6.08 Å². The number of benzene rings is 2. The van der Waals surface area contributed by atoms with Gasteiger partial charge in [-0.3, -0.25) is 4.79 Å². The number of nitrogens with zero attached hydrogens (tertiary/aromatic N) is 1. The molecule has 0 atom stereocenters. The summed E-state index contributed by atoms with van der Waals surface area (Å²) in [5, 5.41) is 8.84. The maximum atomic E-state index is 12.1. The van der Waals surface area contributed by atoms with Crippen molar-refractivity contribution in [2.75, 3.05) is 0 Å². The summed E-state index contributed by atoms with van der Waals surface area (Å²) in [5.74, 6) is 0.401. The van der Waals surface area contributed by atoms with Crippen molar-refractivity contribution in [2.45, 2.75) is 19.8 Å². The molecule has 104 valence electrons. The third-order valence-corrected chi connectivity index (χ3v) is 3.31. The minimum Gasteiger partial charge on any atom is -0.289 e. The number of rotatable bonds is 4. The second kappa shape index (κ2) is 6.67. The molecular weight excluding hydrogens is 258 g/mol. The van der Waals surface area contributed by atoms with E-state index in [-0.39, 0.29) is 5.78 Å². The molecule has 2 aromatic carbocycles. The lowest BCUT2D eigenvalue weighted by Gasteiger charge is -2.04. The van der Waals surface area contributed by atoms with Gasteiger partial charge in [-0.1, -0.05) is 56.3 Å². The summed E-state index contributed by atoms with van der Waals surface area (Å²) in [6, 6.07) is 16.9. The molecule has 0 radical (unpaired) electrons. The zero-order chi connectivity index (χ0) is 15.2. The molecule has 0 unspecified atom stereocenters. The third kappa shape index (κ3) is 3.90. The van der Waals surface area contributed by atoms with Gasteiger partial charge in [-0.2, -0.15) is 5.26 Å². The van der Waals surface area contributed by atoms with Gasteiger partial charge in [-0.15, -0.1) is 0 Å². The van der Waals surface area contributed by atoms with Gasteiger partial charge in [0.05, 0.1) is 11.6 Å².